The number of benzene rings is 3. The van der Waals surface area contributed by atoms with E-state index < -0.39 is 15.9 Å². The van der Waals surface area contributed by atoms with Crippen LogP contribution in [-0.4, -0.2) is 32.8 Å². The molecule has 0 aliphatic carbocycles. The molecule has 3 rings (SSSR count). The van der Waals surface area contributed by atoms with Crippen molar-refractivity contribution in [2.75, 3.05) is 11.9 Å². The zero-order valence-electron chi connectivity index (χ0n) is 18.5. The smallest absolute Gasteiger partial charge is 0.255 e. The van der Waals surface area contributed by atoms with E-state index in [1.807, 2.05) is 30.3 Å². The minimum Gasteiger partial charge on any atom is -0.352 e. The largest absolute Gasteiger partial charge is 0.352 e. The Morgan fingerprint density at radius 2 is 1.55 bits per heavy atom. The Labute approximate surface area is 194 Å². The number of rotatable bonds is 9. The molecule has 0 bridgehead atoms. The fourth-order valence-electron chi connectivity index (χ4n) is 3.23. The molecular weight excluding hydrogens is 438 g/mol. The molecule has 8 heteroatoms. The SMILES string of the molecule is CC(C)NS(=O)(=O)c1cccc(C(=O)Nc2ccccc2C(=O)NCCc2ccccc2)c1. The van der Waals surface area contributed by atoms with Gasteiger partial charge >= 0.3 is 0 Å². The van der Waals surface area contributed by atoms with Gasteiger partial charge in [0.1, 0.15) is 0 Å². The highest BCUT2D eigenvalue weighted by atomic mass is 32.2. The van der Waals surface area contributed by atoms with E-state index in [4.69, 9.17) is 0 Å². The van der Waals surface area contributed by atoms with E-state index in [-0.39, 0.29) is 22.4 Å². The van der Waals surface area contributed by atoms with Crippen LogP contribution in [0.2, 0.25) is 0 Å². The molecule has 2 amide bonds. The maximum Gasteiger partial charge on any atom is 0.255 e. The molecular formula is C25H27N3O4S. The maximum absolute atomic E-state index is 12.8. The lowest BCUT2D eigenvalue weighted by atomic mass is 10.1. The fourth-order valence-corrected chi connectivity index (χ4v) is 4.52. The highest BCUT2D eigenvalue weighted by Gasteiger charge is 2.18. The van der Waals surface area contributed by atoms with E-state index >= 15 is 0 Å². The van der Waals surface area contributed by atoms with Gasteiger partial charge in [0, 0.05) is 18.2 Å². The van der Waals surface area contributed by atoms with Gasteiger partial charge in [-0.25, -0.2) is 13.1 Å². The summed E-state index contributed by atoms with van der Waals surface area (Å²) in [6, 6.07) is 22.0. The number of hydrogen-bond acceptors (Lipinski definition) is 4. The molecule has 0 unspecified atom stereocenters. The topological polar surface area (TPSA) is 104 Å². The van der Waals surface area contributed by atoms with Crippen LogP contribution in [0, 0.1) is 0 Å². The van der Waals surface area contributed by atoms with Crippen LogP contribution < -0.4 is 15.4 Å². The summed E-state index contributed by atoms with van der Waals surface area (Å²) in [5.74, 6) is -0.819. The minimum atomic E-state index is -3.74. The number of amides is 2. The standard InChI is InChI=1S/C25H27N3O4S/c1-18(2)28-33(31,32)21-12-8-11-20(17-21)24(29)27-23-14-7-6-13-22(23)25(30)26-16-15-19-9-4-3-5-10-19/h3-14,17-18,28H,15-16H2,1-2H3,(H,26,30)(H,27,29). The lowest BCUT2D eigenvalue weighted by Gasteiger charge is -2.13. The van der Waals surface area contributed by atoms with Crippen LogP contribution in [0.5, 0.6) is 0 Å². The Bertz CT molecular complexity index is 1230. The average molecular weight is 466 g/mol. The van der Waals surface area contributed by atoms with Gasteiger partial charge in [-0.1, -0.05) is 48.5 Å². The summed E-state index contributed by atoms with van der Waals surface area (Å²) < 4.78 is 27.3. The second-order valence-corrected chi connectivity index (χ2v) is 9.51. The summed E-state index contributed by atoms with van der Waals surface area (Å²) in [4.78, 5) is 25.5. The van der Waals surface area contributed by atoms with Crippen molar-refractivity contribution in [2.45, 2.75) is 31.2 Å². The molecule has 0 radical (unpaired) electrons. The zero-order valence-corrected chi connectivity index (χ0v) is 19.4. The van der Waals surface area contributed by atoms with Crippen LogP contribution >= 0.6 is 0 Å². The van der Waals surface area contributed by atoms with Gasteiger partial charge in [0.2, 0.25) is 10.0 Å². The summed E-state index contributed by atoms with van der Waals surface area (Å²) in [5, 5.41) is 5.59. The van der Waals surface area contributed by atoms with E-state index in [0.717, 1.165) is 5.56 Å². The predicted octanol–water partition coefficient (Wildman–Crippen LogP) is 3.60. The third kappa shape index (κ3) is 6.74. The Morgan fingerprint density at radius 3 is 2.27 bits per heavy atom. The van der Waals surface area contributed by atoms with Crippen molar-refractivity contribution in [1.82, 2.24) is 10.0 Å². The first-order valence-electron chi connectivity index (χ1n) is 10.6. The lowest BCUT2D eigenvalue weighted by molar-refractivity contribution is 0.0955. The summed E-state index contributed by atoms with van der Waals surface area (Å²) in [6.07, 6.45) is 0.687. The molecule has 0 heterocycles. The van der Waals surface area contributed by atoms with E-state index in [2.05, 4.69) is 15.4 Å². The minimum absolute atomic E-state index is 0.00390. The number of nitrogens with one attached hydrogen (secondary N) is 3. The van der Waals surface area contributed by atoms with Crippen LogP contribution in [0.3, 0.4) is 0 Å². The van der Waals surface area contributed by atoms with Crippen LogP contribution in [0.4, 0.5) is 5.69 Å². The summed E-state index contributed by atoms with van der Waals surface area (Å²) in [6.45, 7) is 3.89. The quantitative estimate of drug-likeness (QED) is 0.449. The van der Waals surface area contributed by atoms with Crippen molar-refractivity contribution in [1.29, 1.82) is 0 Å². The Balaban J connectivity index is 1.71. The molecule has 3 N–H and O–H groups in total. The van der Waals surface area contributed by atoms with Crippen molar-refractivity contribution in [3.63, 3.8) is 0 Å². The van der Waals surface area contributed by atoms with Gasteiger partial charge in [-0.15, -0.1) is 0 Å². The van der Waals surface area contributed by atoms with Crippen LogP contribution in [-0.2, 0) is 16.4 Å². The number of anilines is 1. The van der Waals surface area contributed by atoms with Gasteiger partial charge in [0.05, 0.1) is 16.1 Å². The second kappa shape index (κ2) is 10.9. The Morgan fingerprint density at radius 1 is 0.848 bits per heavy atom. The van der Waals surface area contributed by atoms with Crippen molar-refractivity contribution in [3.8, 4) is 0 Å². The molecule has 0 atom stereocenters. The molecule has 33 heavy (non-hydrogen) atoms. The second-order valence-electron chi connectivity index (χ2n) is 7.80. The predicted molar refractivity (Wildman–Crippen MR) is 129 cm³/mol. The zero-order chi connectivity index (χ0) is 23.8. The van der Waals surface area contributed by atoms with E-state index in [9.17, 15) is 18.0 Å². The van der Waals surface area contributed by atoms with Crippen LogP contribution in [0.25, 0.3) is 0 Å². The van der Waals surface area contributed by atoms with Gasteiger partial charge in [-0.05, 0) is 56.2 Å². The first kappa shape index (κ1) is 24.2. The summed E-state index contributed by atoms with van der Waals surface area (Å²) >= 11 is 0. The van der Waals surface area contributed by atoms with Crippen molar-refractivity contribution in [3.05, 3.63) is 95.6 Å². The van der Waals surface area contributed by atoms with E-state index in [1.165, 1.54) is 24.3 Å². The molecule has 0 fully saturated rings. The average Bonchev–Trinajstić information content (AvgIpc) is 2.79. The lowest BCUT2D eigenvalue weighted by Crippen LogP contribution is -2.30. The van der Waals surface area contributed by atoms with Crippen molar-refractivity contribution >= 4 is 27.5 Å². The summed E-state index contributed by atoms with van der Waals surface area (Å²) in [5.41, 5.74) is 1.94. The molecule has 0 saturated carbocycles. The van der Waals surface area contributed by atoms with Gasteiger partial charge in [-0.3, -0.25) is 9.59 Å². The number of hydrogen-bond donors (Lipinski definition) is 3. The van der Waals surface area contributed by atoms with Crippen LogP contribution in [0.15, 0.2) is 83.8 Å². The first-order chi connectivity index (χ1) is 15.8. The number of sulfonamides is 1. The molecule has 3 aromatic carbocycles. The molecule has 172 valence electrons. The van der Waals surface area contributed by atoms with E-state index in [1.54, 1.807) is 38.1 Å². The normalized spacial score (nSPS) is 11.2. The molecule has 3 aromatic rings. The molecule has 0 saturated heterocycles. The van der Waals surface area contributed by atoms with Gasteiger partial charge in [0.25, 0.3) is 11.8 Å². The third-order valence-corrected chi connectivity index (χ3v) is 6.42. The fraction of sp³-hybridized carbons (Fsp3) is 0.200. The molecule has 0 aliphatic rings. The monoisotopic (exact) mass is 465 g/mol. The molecule has 0 aromatic heterocycles. The maximum atomic E-state index is 12.8. The molecule has 0 spiro atoms. The highest BCUT2D eigenvalue weighted by Crippen LogP contribution is 2.18. The molecule has 7 nitrogen and oxygen atoms in total. The summed E-state index contributed by atoms with van der Waals surface area (Å²) in [7, 11) is -3.74. The highest BCUT2D eigenvalue weighted by molar-refractivity contribution is 7.89. The number of para-hydroxylation sites is 1. The first-order valence-corrected chi connectivity index (χ1v) is 12.1. The number of carbonyl (C=O) groups excluding carboxylic acids is 2. The number of carbonyl (C=O) groups is 2. The Hall–Kier alpha value is -3.49. The van der Waals surface area contributed by atoms with Gasteiger partial charge in [0.15, 0.2) is 0 Å². The van der Waals surface area contributed by atoms with Gasteiger partial charge in [-0.2, -0.15) is 0 Å². The van der Waals surface area contributed by atoms with Crippen molar-refractivity contribution < 1.29 is 18.0 Å². The van der Waals surface area contributed by atoms with E-state index in [0.29, 0.717) is 24.2 Å². The van der Waals surface area contributed by atoms with Crippen molar-refractivity contribution in [2.24, 2.45) is 0 Å². The van der Waals surface area contributed by atoms with Crippen LogP contribution in [0.1, 0.15) is 40.1 Å². The third-order valence-electron chi connectivity index (χ3n) is 4.76. The molecule has 0 aliphatic heterocycles. The Kier molecular flexibility index (Phi) is 7.97. The van der Waals surface area contributed by atoms with Gasteiger partial charge < -0.3 is 10.6 Å².